The molecule has 1 aliphatic carbocycles. The van der Waals surface area contributed by atoms with Crippen LogP contribution in [-0.4, -0.2) is 20.5 Å². The SMILES string of the molecule is Cc1cc(S(N)(=O)=O)cc(NC2CC(N)C2)c1C. The Labute approximate surface area is 108 Å². The summed E-state index contributed by atoms with van der Waals surface area (Å²) in [4.78, 5) is 0.150. The van der Waals surface area contributed by atoms with E-state index in [2.05, 4.69) is 5.32 Å². The summed E-state index contributed by atoms with van der Waals surface area (Å²) in [5.41, 5.74) is 8.52. The van der Waals surface area contributed by atoms with Crippen LogP contribution in [0.1, 0.15) is 24.0 Å². The highest BCUT2D eigenvalue weighted by atomic mass is 32.2. The van der Waals surface area contributed by atoms with Crippen molar-refractivity contribution in [1.29, 1.82) is 0 Å². The maximum atomic E-state index is 11.4. The molecule has 0 amide bonds. The van der Waals surface area contributed by atoms with Gasteiger partial charge in [0.1, 0.15) is 0 Å². The van der Waals surface area contributed by atoms with Crippen LogP contribution >= 0.6 is 0 Å². The van der Waals surface area contributed by atoms with Gasteiger partial charge < -0.3 is 11.1 Å². The highest BCUT2D eigenvalue weighted by molar-refractivity contribution is 7.89. The molecular weight excluding hydrogens is 250 g/mol. The molecule has 1 aliphatic rings. The Morgan fingerprint density at radius 3 is 2.39 bits per heavy atom. The number of rotatable bonds is 3. The molecule has 100 valence electrons. The quantitative estimate of drug-likeness (QED) is 0.757. The highest BCUT2D eigenvalue weighted by Crippen LogP contribution is 2.28. The number of hydrogen-bond donors (Lipinski definition) is 3. The first-order valence-electron chi connectivity index (χ1n) is 5.93. The van der Waals surface area contributed by atoms with Crippen LogP contribution in [0.3, 0.4) is 0 Å². The minimum absolute atomic E-state index is 0.150. The molecule has 5 N–H and O–H groups in total. The van der Waals surface area contributed by atoms with Crippen molar-refractivity contribution in [1.82, 2.24) is 0 Å². The van der Waals surface area contributed by atoms with Crippen LogP contribution < -0.4 is 16.2 Å². The van der Waals surface area contributed by atoms with Crippen molar-refractivity contribution < 1.29 is 8.42 Å². The molecule has 0 heterocycles. The van der Waals surface area contributed by atoms with Crippen LogP contribution in [0.5, 0.6) is 0 Å². The summed E-state index contributed by atoms with van der Waals surface area (Å²) in [5, 5.41) is 8.50. The van der Waals surface area contributed by atoms with Gasteiger partial charge in [-0.1, -0.05) is 0 Å². The number of nitrogens with one attached hydrogen (secondary N) is 1. The number of aryl methyl sites for hydroxylation is 1. The van der Waals surface area contributed by atoms with Crippen LogP contribution in [0.2, 0.25) is 0 Å². The standard InChI is InChI=1S/C12H19N3O2S/c1-7-3-11(18(14,16)17)6-12(8(7)2)15-10-4-9(13)5-10/h3,6,9-10,15H,4-5,13H2,1-2H3,(H2,14,16,17). The van der Waals surface area contributed by atoms with Crippen LogP contribution in [0.15, 0.2) is 17.0 Å². The first-order valence-corrected chi connectivity index (χ1v) is 7.48. The van der Waals surface area contributed by atoms with E-state index in [0.29, 0.717) is 6.04 Å². The van der Waals surface area contributed by atoms with Gasteiger partial charge in [-0.2, -0.15) is 0 Å². The molecule has 0 spiro atoms. The van der Waals surface area contributed by atoms with E-state index in [1.54, 1.807) is 12.1 Å². The van der Waals surface area contributed by atoms with Gasteiger partial charge in [-0.3, -0.25) is 0 Å². The maximum absolute atomic E-state index is 11.4. The highest BCUT2D eigenvalue weighted by Gasteiger charge is 2.26. The minimum atomic E-state index is -3.66. The fourth-order valence-corrected chi connectivity index (χ4v) is 2.76. The molecule has 1 aromatic carbocycles. The Hall–Kier alpha value is -1.11. The summed E-state index contributed by atoms with van der Waals surface area (Å²) in [7, 11) is -3.66. The van der Waals surface area contributed by atoms with E-state index in [4.69, 9.17) is 10.9 Å². The zero-order valence-electron chi connectivity index (χ0n) is 10.6. The van der Waals surface area contributed by atoms with Crippen LogP contribution in [0.4, 0.5) is 5.69 Å². The third kappa shape index (κ3) is 2.66. The van der Waals surface area contributed by atoms with Gasteiger partial charge in [-0.15, -0.1) is 0 Å². The van der Waals surface area contributed by atoms with E-state index in [1.165, 1.54) is 0 Å². The van der Waals surface area contributed by atoms with Gasteiger partial charge in [-0.25, -0.2) is 13.6 Å². The average Bonchev–Trinajstić information content (AvgIpc) is 2.20. The third-order valence-electron chi connectivity index (χ3n) is 3.50. The van der Waals surface area contributed by atoms with Crippen LogP contribution in [0.25, 0.3) is 0 Å². The zero-order chi connectivity index (χ0) is 13.5. The maximum Gasteiger partial charge on any atom is 0.238 e. The Morgan fingerprint density at radius 2 is 1.89 bits per heavy atom. The van der Waals surface area contributed by atoms with Crippen molar-refractivity contribution in [2.24, 2.45) is 10.9 Å². The van der Waals surface area contributed by atoms with E-state index >= 15 is 0 Å². The molecule has 2 rings (SSSR count). The molecular formula is C12H19N3O2S. The van der Waals surface area contributed by atoms with Crippen LogP contribution in [-0.2, 0) is 10.0 Å². The largest absolute Gasteiger partial charge is 0.382 e. The first-order chi connectivity index (χ1) is 8.27. The second-order valence-electron chi connectivity index (χ2n) is 5.03. The van der Waals surface area contributed by atoms with Gasteiger partial charge in [0.15, 0.2) is 0 Å². The predicted molar refractivity (Wildman–Crippen MR) is 71.9 cm³/mol. The lowest BCUT2D eigenvalue weighted by molar-refractivity contribution is 0.373. The van der Waals surface area contributed by atoms with Crippen molar-refractivity contribution in [3.63, 3.8) is 0 Å². The van der Waals surface area contributed by atoms with E-state index < -0.39 is 10.0 Å². The lowest BCUT2D eigenvalue weighted by atomic mass is 9.87. The topological polar surface area (TPSA) is 98.2 Å². The van der Waals surface area contributed by atoms with Crippen molar-refractivity contribution in [3.05, 3.63) is 23.3 Å². The molecule has 0 bridgehead atoms. The molecule has 18 heavy (non-hydrogen) atoms. The molecule has 0 radical (unpaired) electrons. The van der Waals surface area contributed by atoms with Gasteiger partial charge in [0.25, 0.3) is 0 Å². The molecule has 1 fully saturated rings. The van der Waals surface area contributed by atoms with E-state index in [0.717, 1.165) is 29.7 Å². The summed E-state index contributed by atoms with van der Waals surface area (Å²) in [6, 6.07) is 3.78. The number of sulfonamides is 1. The van der Waals surface area contributed by atoms with Crippen LogP contribution in [0, 0.1) is 13.8 Å². The van der Waals surface area contributed by atoms with Gasteiger partial charge >= 0.3 is 0 Å². The molecule has 1 saturated carbocycles. The lowest BCUT2D eigenvalue weighted by Crippen LogP contribution is -2.44. The molecule has 0 atom stereocenters. The summed E-state index contributed by atoms with van der Waals surface area (Å²) < 4.78 is 22.8. The lowest BCUT2D eigenvalue weighted by Gasteiger charge is -2.34. The molecule has 0 saturated heterocycles. The molecule has 0 aliphatic heterocycles. The average molecular weight is 269 g/mol. The number of benzene rings is 1. The second-order valence-corrected chi connectivity index (χ2v) is 6.59. The molecule has 5 nitrogen and oxygen atoms in total. The predicted octanol–water partition coefficient (Wildman–Crippen LogP) is 0.852. The molecule has 0 unspecified atom stereocenters. The van der Waals surface area contributed by atoms with Crippen molar-refractivity contribution >= 4 is 15.7 Å². The molecule has 1 aromatic rings. The van der Waals surface area contributed by atoms with E-state index in [9.17, 15) is 8.42 Å². The van der Waals surface area contributed by atoms with Gasteiger partial charge in [-0.05, 0) is 49.9 Å². The van der Waals surface area contributed by atoms with E-state index in [-0.39, 0.29) is 10.9 Å². The fraction of sp³-hybridized carbons (Fsp3) is 0.500. The Morgan fingerprint density at radius 1 is 1.28 bits per heavy atom. The Bertz CT molecular complexity index is 563. The summed E-state index contributed by atoms with van der Waals surface area (Å²) in [5.74, 6) is 0. The molecule has 6 heteroatoms. The van der Waals surface area contributed by atoms with Crippen molar-refractivity contribution in [3.8, 4) is 0 Å². The monoisotopic (exact) mass is 269 g/mol. The summed E-state index contributed by atoms with van der Waals surface area (Å²) >= 11 is 0. The van der Waals surface area contributed by atoms with Gasteiger partial charge in [0.05, 0.1) is 4.90 Å². The number of hydrogen-bond acceptors (Lipinski definition) is 4. The number of nitrogens with two attached hydrogens (primary N) is 2. The fourth-order valence-electron chi connectivity index (χ4n) is 2.14. The normalized spacial score (nSPS) is 23.6. The smallest absolute Gasteiger partial charge is 0.238 e. The first kappa shape index (κ1) is 13.3. The van der Waals surface area contributed by atoms with E-state index in [1.807, 2.05) is 13.8 Å². The second kappa shape index (κ2) is 4.53. The Balaban J connectivity index is 2.31. The summed E-state index contributed by atoms with van der Waals surface area (Å²) in [6.45, 7) is 3.84. The third-order valence-corrected chi connectivity index (χ3v) is 4.40. The van der Waals surface area contributed by atoms with Gasteiger partial charge in [0, 0.05) is 17.8 Å². The minimum Gasteiger partial charge on any atom is -0.382 e. The summed E-state index contributed by atoms with van der Waals surface area (Å²) in [6.07, 6.45) is 1.83. The van der Waals surface area contributed by atoms with Crippen molar-refractivity contribution in [2.75, 3.05) is 5.32 Å². The zero-order valence-corrected chi connectivity index (χ0v) is 11.4. The number of anilines is 1. The molecule has 0 aromatic heterocycles. The number of primary sulfonamides is 1. The Kier molecular flexibility index (Phi) is 3.35. The van der Waals surface area contributed by atoms with Gasteiger partial charge in [0.2, 0.25) is 10.0 Å². The van der Waals surface area contributed by atoms with Crippen molar-refractivity contribution in [2.45, 2.75) is 43.7 Å².